The molecule has 35 heavy (non-hydrogen) atoms. The fraction of sp³-hybridized carbons (Fsp3) is 0.241. The molecule has 2 heterocycles. The van der Waals surface area contributed by atoms with Gasteiger partial charge in [0.25, 0.3) is 11.7 Å². The van der Waals surface area contributed by atoms with Crippen LogP contribution in [0.3, 0.4) is 0 Å². The average molecular weight is 471 g/mol. The fourth-order valence-corrected chi connectivity index (χ4v) is 4.93. The highest BCUT2D eigenvalue weighted by Crippen LogP contribution is 2.43. The van der Waals surface area contributed by atoms with Gasteiger partial charge >= 0.3 is 0 Å². The van der Waals surface area contributed by atoms with Crippen LogP contribution in [0.15, 0.2) is 72.3 Å². The van der Waals surface area contributed by atoms with Crippen molar-refractivity contribution in [1.82, 2.24) is 0 Å². The maximum Gasteiger partial charge on any atom is 0.300 e. The van der Waals surface area contributed by atoms with Crippen LogP contribution in [-0.4, -0.2) is 29.9 Å². The first kappa shape index (κ1) is 22.8. The summed E-state index contributed by atoms with van der Waals surface area (Å²) in [7, 11) is 0. The Morgan fingerprint density at radius 2 is 1.54 bits per heavy atom. The van der Waals surface area contributed by atoms with Gasteiger partial charge < -0.3 is 10.0 Å². The minimum atomic E-state index is -1.09. The number of aryl methyl sites for hydroxylation is 2. The second kappa shape index (κ2) is 9.02. The van der Waals surface area contributed by atoms with E-state index in [4.69, 9.17) is 0 Å². The van der Waals surface area contributed by atoms with Crippen molar-refractivity contribution in [1.29, 1.82) is 0 Å². The Morgan fingerprint density at radius 3 is 2.20 bits per heavy atom. The van der Waals surface area contributed by atoms with Gasteiger partial charge in [0, 0.05) is 35.6 Å². The second-order valence-corrected chi connectivity index (χ2v) is 9.20. The van der Waals surface area contributed by atoms with E-state index in [0.29, 0.717) is 11.3 Å². The number of hydrogen-bond donors (Lipinski definition) is 1. The number of halogens is 1. The molecule has 3 aromatic rings. The van der Waals surface area contributed by atoms with Crippen LogP contribution in [0.4, 0.5) is 15.8 Å². The quantitative estimate of drug-likeness (QED) is 0.303. The molecule has 1 atom stereocenters. The summed E-state index contributed by atoms with van der Waals surface area (Å²) in [6.07, 6.45) is 2.28. The van der Waals surface area contributed by atoms with Gasteiger partial charge in [0.1, 0.15) is 11.6 Å². The zero-order chi connectivity index (χ0) is 24.7. The minimum Gasteiger partial charge on any atom is -0.507 e. The number of ketones is 1. The number of benzene rings is 3. The Balaban J connectivity index is 1.65. The number of aliphatic hydroxyl groups excluding tert-OH is 1. The van der Waals surface area contributed by atoms with Crippen LogP contribution in [0.5, 0.6) is 0 Å². The molecular formula is C29H27FN2O3. The molecule has 0 saturated carbocycles. The molecule has 0 aromatic heterocycles. The number of carbonyl (C=O) groups is 2. The summed E-state index contributed by atoms with van der Waals surface area (Å²) in [5.41, 5.74) is 3.93. The summed E-state index contributed by atoms with van der Waals surface area (Å²) in [4.78, 5) is 30.2. The van der Waals surface area contributed by atoms with Crippen LogP contribution in [0, 0.1) is 19.7 Å². The Labute approximate surface area is 204 Å². The molecule has 2 aliphatic rings. The van der Waals surface area contributed by atoms with Crippen LogP contribution in [-0.2, 0) is 9.59 Å². The number of amides is 1. The Morgan fingerprint density at radius 1 is 0.886 bits per heavy atom. The smallest absolute Gasteiger partial charge is 0.300 e. The first-order chi connectivity index (χ1) is 16.9. The summed E-state index contributed by atoms with van der Waals surface area (Å²) in [5, 5.41) is 11.2. The Kier molecular flexibility index (Phi) is 5.89. The SMILES string of the molecule is Cc1ccc(/C(O)=C2\C(=O)C(=O)N(c3ccc(N4CCCC4)cc3)C2c2ccccc2F)cc1C. The third-order valence-electron chi connectivity index (χ3n) is 7.02. The van der Waals surface area contributed by atoms with E-state index in [1.807, 2.05) is 32.0 Å². The Hall–Kier alpha value is -3.93. The van der Waals surface area contributed by atoms with Crippen LogP contribution in [0.25, 0.3) is 5.76 Å². The number of rotatable bonds is 4. The summed E-state index contributed by atoms with van der Waals surface area (Å²) in [6, 6.07) is 17.7. The molecule has 5 rings (SSSR count). The van der Waals surface area contributed by atoms with E-state index in [1.54, 1.807) is 42.5 Å². The lowest BCUT2D eigenvalue weighted by Gasteiger charge is -2.26. The number of nitrogens with zero attached hydrogens (tertiary/aromatic N) is 2. The lowest BCUT2D eigenvalue weighted by Crippen LogP contribution is -2.30. The van der Waals surface area contributed by atoms with E-state index in [2.05, 4.69) is 4.90 Å². The van der Waals surface area contributed by atoms with Crippen molar-refractivity contribution < 1.29 is 19.1 Å². The number of hydrogen-bond acceptors (Lipinski definition) is 4. The fourth-order valence-electron chi connectivity index (χ4n) is 4.93. The summed E-state index contributed by atoms with van der Waals surface area (Å²) in [5.74, 6) is -2.49. The van der Waals surface area contributed by atoms with Crippen molar-refractivity contribution in [2.75, 3.05) is 22.9 Å². The van der Waals surface area contributed by atoms with Crippen LogP contribution >= 0.6 is 0 Å². The van der Waals surface area contributed by atoms with Crippen molar-refractivity contribution in [3.8, 4) is 0 Å². The van der Waals surface area contributed by atoms with Gasteiger partial charge in [-0.2, -0.15) is 0 Å². The Bertz CT molecular complexity index is 1340. The molecule has 5 nitrogen and oxygen atoms in total. The number of aliphatic hydroxyl groups is 1. The van der Waals surface area contributed by atoms with Crippen molar-refractivity contribution >= 4 is 28.8 Å². The predicted octanol–water partition coefficient (Wildman–Crippen LogP) is 5.67. The highest BCUT2D eigenvalue weighted by Gasteiger charge is 2.47. The molecule has 1 N–H and O–H groups in total. The molecule has 6 heteroatoms. The van der Waals surface area contributed by atoms with Crippen molar-refractivity contribution in [2.45, 2.75) is 32.7 Å². The summed E-state index contributed by atoms with van der Waals surface area (Å²) >= 11 is 0. The largest absolute Gasteiger partial charge is 0.507 e. The monoisotopic (exact) mass is 470 g/mol. The molecule has 0 spiro atoms. The molecule has 1 unspecified atom stereocenters. The van der Waals surface area contributed by atoms with Gasteiger partial charge in [0.15, 0.2) is 0 Å². The lowest BCUT2D eigenvalue weighted by molar-refractivity contribution is -0.132. The number of anilines is 2. The van der Waals surface area contributed by atoms with Crippen LogP contribution < -0.4 is 9.80 Å². The maximum atomic E-state index is 15.0. The van der Waals surface area contributed by atoms with E-state index < -0.39 is 23.5 Å². The first-order valence-corrected chi connectivity index (χ1v) is 11.8. The van der Waals surface area contributed by atoms with Gasteiger partial charge in [-0.15, -0.1) is 0 Å². The zero-order valence-electron chi connectivity index (χ0n) is 19.8. The average Bonchev–Trinajstić information content (AvgIpc) is 3.48. The van der Waals surface area contributed by atoms with Gasteiger partial charge in [0.2, 0.25) is 0 Å². The predicted molar refractivity (Wildman–Crippen MR) is 135 cm³/mol. The van der Waals surface area contributed by atoms with E-state index in [1.165, 1.54) is 11.0 Å². The highest BCUT2D eigenvalue weighted by atomic mass is 19.1. The molecule has 0 aliphatic carbocycles. The van der Waals surface area contributed by atoms with Crippen molar-refractivity contribution in [3.63, 3.8) is 0 Å². The molecule has 3 aromatic carbocycles. The van der Waals surface area contributed by atoms with Gasteiger partial charge in [-0.05, 0) is 74.2 Å². The molecule has 0 radical (unpaired) electrons. The zero-order valence-corrected chi connectivity index (χ0v) is 19.8. The highest BCUT2D eigenvalue weighted by molar-refractivity contribution is 6.51. The standard InChI is InChI=1S/C29H27FN2O3/c1-18-9-10-20(17-19(18)2)27(33)25-26(23-7-3-4-8-24(23)30)32(29(35)28(25)34)22-13-11-21(12-14-22)31-15-5-6-16-31/h3-4,7-14,17,26,33H,5-6,15-16H2,1-2H3/b27-25+. The molecule has 1 amide bonds. The molecular weight excluding hydrogens is 443 g/mol. The van der Waals surface area contributed by atoms with E-state index in [0.717, 1.165) is 42.7 Å². The normalized spacial score (nSPS) is 19.6. The maximum absolute atomic E-state index is 15.0. The van der Waals surface area contributed by atoms with Crippen LogP contribution in [0.1, 0.15) is 41.1 Å². The molecule has 178 valence electrons. The van der Waals surface area contributed by atoms with Gasteiger partial charge in [-0.1, -0.05) is 30.3 Å². The number of Topliss-reactive ketones (excluding diaryl/α,β-unsaturated/α-hetero) is 1. The first-order valence-electron chi connectivity index (χ1n) is 11.8. The summed E-state index contributed by atoms with van der Waals surface area (Å²) < 4.78 is 15.0. The second-order valence-electron chi connectivity index (χ2n) is 9.20. The molecule has 0 bridgehead atoms. The van der Waals surface area contributed by atoms with Gasteiger partial charge in [-0.25, -0.2) is 4.39 Å². The minimum absolute atomic E-state index is 0.119. The van der Waals surface area contributed by atoms with Gasteiger partial charge in [-0.3, -0.25) is 14.5 Å². The van der Waals surface area contributed by atoms with E-state index >= 15 is 4.39 Å². The van der Waals surface area contributed by atoms with E-state index in [-0.39, 0.29) is 16.9 Å². The van der Waals surface area contributed by atoms with Crippen LogP contribution in [0.2, 0.25) is 0 Å². The van der Waals surface area contributed by atoms with E-state index in [9.17, 15) is 14.7 Å². The third kappa shape index (κ3) is 3.99. The third-order valence-corrected chi connectivity index (χ3v) is 7.02. The van der Waals surface area contributed by atoms with Gasteiger partial charge in [0.05, 0.1) is 11.6 Å². The molecule has 2 aliphatic heterocycles. The topological polar surface area (TPSA) is 60.9 Å². The lowest BCUT2D eigenvalue weighted by atomic mass is 9.94. The van der Waals surface area contributed by atoms with Crippen molar-refractivity contribution in [3.05, 3.63) is 100 Å². The molecule has 2 saturated heterocycles. The molecule has 2 fully saturated rings. The summed E-state index contributed by atoms with van der Waals surface area (Å²) in [6.45, 7) is 5.81. The number of carbonyl (C=O) groups excluding carboxylic acids is 2. The van der Waals surface area contributed by atoms with Crippen molar-refractivity contribution in [2.24, 2.45) is 0 Å².